The number of anilines is 1. The molecule has 0 aromatic carbocycles. The van der Waals surface area contributed by atoms with Crippen molar-refractivity contribution in [2.75, 3.05) is 5.32 Å². The monoisotopic (exact) mass is 426 g/mol. The van der Waals surface area contributed by atoms with E-state index in [0.29, 0.717) is 5.76 Å². The Kier molecular flexibility index (Phi) is 5.43. The topological polar surface area (TPSA) is 126 Å². The zero-order valence-electron chi connectivity index (χ0n) is 17.7. The average Bonchev–Trinajstić information content (AvgIpc) is 3.48. The summed E-state index contributed by atoms with van der Waals surface area (Å²) >= 11 is 0. The number of amides is 2. The quantitative estimate of drug-likeness (QED) is 0.610. The largest absolute Gasteiger partial charge is 0.481 e. The van der Waals surface area contributed by atoms with Crippen molar-refractivity contribution in [2.24, 2.45) is 30.7 Å². The van der Waals surface area contributed by atoms with Crippen LogP contribution in [0.15, 0.2) is 40.2 Å². The summed E-state index contributed by atoms with van der Waals surface area (Å²) in [5, 5.41) is 19.5. The molecule has 0 saturated heterocycles. The van der Waals surface area contributed by atoms with Crippen LogP contribution in [0.25, 0.3) is 0 Å². The van der Waals surface area contributed by atoms with Crippen molar-refractivity contribution in [3.05, 3.63) is 47.2 Å². The minimum Gasteiger partial charge on any atom is -0.481 e. The number of furan rings is 1. The summed E-state index contributed by atoms with van der Waals surface area (Å²) in [4.78, 5) is 37.9. The fourth-order valence-electron chi connectivity index (χ4n) is 5.23. The predicted molar refractivity (Wildman–Crippen MR) is 111 cm³/mol. The highest BCUT2D eigenvalue weighted by Crippen LogP contribution is 2.57. The van der Waals surface area contributed by atoms with Gasteiger partial charge in [0.2, 0.25) is 5.91 Å². The van der Waals surface area contributed by atoms with E-state index in [1.165, 1.54) is 10.9 Å². The maximum atomic E-state index is 13.2. The summed E-state index contributed by atoms with van der Waals surface area (Å²) in [5.74, 6) is -2.80. The Morgan fingerprint density at radius 3 is 2.55 bits per heavy atom. The van der Waals surface area contributed by atoms with Gasteiger partial charge in [-0.1, -0.05) is 11.1 Å². The van der Waals surface area contributed by atoms with Gasteiger partial charge in [0.15, 0.2) is 5.69 Å². The lowest BCUT2D eigenvalue weighted by atomic mass is 9.78. The van der Waals surface area contributed by atoms with Crippen LogP contribution in [0.2, 0.25) is 0 Å². The molecule has 2 amide bonds. The number of aromatic nitrogens is 2. The summed E-state index contributed by atoms with van der Waals surface area (Å²) in [6.07, 6.45) is 4.66. The van der Waals surface area contributed by atoms with Crippen LogP contribution in [-0.2, 0) is 23.2 Å². The first-order chi connectivity index (χ1) is 14.8. The molecule has 0 aliphatic heterocycles. The smallest absolute Gasteiger partial charge is 0.307 e. The van der Waals surface area contributed by atoms with Crippen molar-refractivity contribution in [1.82, 2.24) is 15.1 Å². The fourth-order valence-corrected chi connectivity index (χ4v) is 5.23. The molecule has 2 aromatic heterocycles. The molecule has 9 heteroatoms. The molecule has 164 valence electrons. The second kappa shape index (κ2) is 8.05. The highest BCUT2D eigenvalue weighted by molar-refractivity contribution is 6.03. The zero-order chi connectivity index (χ0) is 22.3. The van der Waals surface area contributed by atoms with Gasteiger partial charge in [-0.3, -0.25) is 19.1 Å². The van der Waals surface area contributed by atoms with Crippen LogP contribution in [0.1, 0.15) is 42.9 Å². The van der Waals surface area contributed by atoms with Crippen LogP contribution in [0, 0.1) is 23.7 Å². The molecule has 2 aliphatic carbocycles. The van der Waals surface area contributed by atoms with E-state index in [2.05, 4.69) is 15.7 Å². The van der Waals surface area contributed by atoms with Gasteiger partial charge in [0, 0.05) is 13.2 Å². The predicted octanol–water partition coefficient (Wildman–Crippen LogP) is 2.57. The van der Waals surface area contributed by atoms with Gasteiger partial charge >= 0.3 is 5.97 Å². The van der Waals surface area contributed by atoms with Gasteiger partial charge in [-0.2, -0.15) is 5.10 Å². The Balaban J connectivity index is 1.54. The Hall–Kier alpha value is -3.36. The zero-order valence-corrected chi connectivity index (χ0v) is 17.7. The molecular formula is C22H26N4O5. The van der Waals surface area contributed by atoms with E-state index in [4.69, 9.17) is 4.42 Å². The number of nitrogens with zero attached hydrogens (tertiary/aromatic N) is 2. The highest BCUT2D eigenvalue weighted by Gasteiger charge is 2.57. The van der Waals surface area contributed by atoms with E-state index in [1.807, 2.05) is 13.8 Å². The highest BCUT2D eigenvalue weighted by atomic mass is 16.4. The fraction of sp³-hybridized carbons (Fsp3) is 0.455. The number of aliphatic carboxylic acids is 1. The van der Waals surface area contributed by atoms with Gasteiger partial charge in [-0.25, -0.2) is 0 Å². The number of hydrogen-bond donors (Lipinski definition) is 3. The summed E-state index contributed by atoms with van der Waals surface area (Å²) in [7, 11) is 1.65. The first-order valence-corrected chi connectivity index (χ1v) is 10.3. The summed E-state index contributed by atoms with van der Waals surface area (Å²) in [5.41, 5.74) is 2.53. The lowest BCUT2D eigenvalue weighted by Gasteiger charge is -2.26. The van der Waals surface area contributed by atoms with Gasteiger partial charge in [0.1, 0.15) is 5.76 Å². The van der Waals surface area contributed by atoms with E-state index >= 15 is 0 Å². The number of nitrogens with one attached hydrogen (secondary N) is 2. The van der Waals surface area contributed by atoms with Gasteiger partial charge in [-0.05, 0) is 50.7 Å². The number of fused-ring (bicyclic) bond motifs is 2. The third-order valence-electron chi connectivity index (χ3n) is 6.31. The van der Waals surface area contributed by atoms with Crippen LogP contribution >= 0.6 is 0 Å². The summed E-state index contributed by atoms with van der Waals surface area (Å²) in [6.45, 7) is 4.14. The van der Waals surface area contributed by atoms with E-state index < -0.39 is 23.7 Å². The number of carboxylic acids is 1. The number of allylic oxidation sites excluding steroid dienone is 2. The van der Waals surface area contributed by atoms with Crippen molar-refractivity contribution in [2.45, 2.75) is 33.2 Å². The number of aryl methyl sites for hydroxylation is 1. The molecule has 0 radical (unpaired) electrons. The van der Waals surface area contributed by atoms with E-state index in [1.54, 1.807) is 25.4 Å². The third kappa shape index (κ3) is 3.75. The third-order valence-corrected chi connectivity index (χ3v) is 6.31. The van der Waals surface area contributed by atoms with Gasteiger partial charge in [0.05, 0.1) is 30.3 Å². The molecule has 2 bridgehead atoms. The Morgan fingerprint density at radius 1 is 1.23 bits per heavy atom. The van der Waals surface area contributed by atoms with Crippen molar-refractivity contribution in [1.29, 1.82) is 0 Å². The summed E-state index contributed by atoms with van der Waals surface area (Å²) in [6, 6.07) is 3.46. The second-order valence-corrected chi connectivity index (χ2v) is 8.45. The first kappa shape index (κ1) is 20.9. The Morgan fingerprint density at radius 2 is 1.94 bits per heavy atom. The average molecular weight is 426 g/mol. The molecule has 4 atom stereocenters. The van der Waals surface area contributed by atoms with E-state index in [9.17, 15) is 19.5 Å². The SMILES string of the molecule is CC(C)=C1[C@@H]2CC[C@@H]1[C@@H](C(=O)Nc1cn(C)nc1C(=O)NCc1ccco1)[C@H]2C(=O)O. The number of carbonyl (C=O) groups excluding carboxylic acids is 2. The lowest BCUT2D eigenvalue weighted by Crippen LogP contribution is -2.38. The molecule has 0 spiro atoms. The van der Waals surface area contributed by atoms with Crippen molar-refractivity contribution in [3.63, 3.8) is 0 Å². The van der Waals surface area contributed by atoms with Crippen molar-refractivity contribution < 1.29 is 23.9 Å². The van der Waals surface area contributed by atoms with Crippen LogP contribution in [0.5, 0.6) is 0 Å². The molecule has 3 N–H and O–H groups in total. The van der Waals surface area contributed by atoms with E-state index in [-0.39, 0.29) is 35.7 Å². The normalized spacial score (nSPS) is 24.3. The molecule has 2 aromatic rings. The lowest BCUT2D eigenvalue weighted by molar-refractivity contribution is -0.148. The molecule has 2 aliphatic rings. The van der Waals surface area contributed by atoms with Crippen LogP contribution < -0.4 is 10.6 Å². The molecule has 31 heavy (non-hydrogen) atoms. The number of rotatable bonds is 6. The van der Waals surface area contributed by atoms with Crippen molar-refractivity contribution in [3.8, 4) is 0 Å². The second-order valence-electron chi connectivity index (χ2n) is 8.45. The van der Waals surface area contributed by atoms with Gasteiger partial charge in [-0.15, -0.1) is 0 Å². The number of carboxylic acid groups (broad SMARTS) is 1. The Labute approximate surface area is 179 Å². The minimum absolute atomic E-state index is 0.0693. The van der Waals surface area contributed by atoms with E-state index in [0.717, 1.165) is 24.0 Å². The van der Waals surface area contributed by atoms with Gasteiger partial charge in [0.25, 0.3) is 5.91 Å². The van der Waals surface area contributed by atoms with Crippen LogP contribution in [0.3, 0.4) is 0 Å². The minimum atomic E-state index is -0.950. The molecule has 4 rings (SSSR count). The first-order valence-electron chi connectivity index (χ1n) is 10.3. The molecule has 9 nitrogen and oxygen atoms in total. The molecule has 2 fully saturated rings. The summed E-state index contributed by atoms with van der Waals surface area (Å²) < 4.78 is 6.65. The standard InChI is InChI=1S/C22H26N4O5/c1-11(2)16-13-6-7-14(16)18(22(29)30)17(13)20(27)24-15-10-26(3)25-19(15)21(28)23-9-12-5-4-8-31-12/h4-5,8,10,13-14,17-18H,6-7,9H2,1-3H3,(H,23,28)(H,24,27)(H,29,30)/t13-,14-,17+,18-/m0/s1. The van der Waals surface area contributed by atoms with Crippen LogP contribution in [-0.4, -0.2) is 32.7 Å². The van der Waals surface area contributed by atoms with Gasteiger partial charge < -0.3 is 20.2 Å². The molecule has 2 heterocycles. The maximum Gasteiger partial charge on any atom is 0.307 e. The van der Waals surface area contributed by atoms with Crippen LogP contribution in [0.4, 0.5) is 5.69 Å². The molecular weight excluding hydrogens is 400 g/mol. The Bertz CT molecular complexity index is 1050. The molecule has 2 saturated carbocycles. The maximum absolute atomic E-state index is 13.2. The van der Waals surface area contributed by atoms with Crippen molar-refractivity contribution >= 4 is 23.5 Å². The molecule has 0 unspecified atom stereocenters. The number of carbonyl (C=O) groups is 3. The number of hydrogen-bond acceptors (Lipinski definition) is 5.